The number of para-hydroxylation sites is 1. The van der Waals surface area contributed by atoms with Crippen molar-refractivity contribution in [3.63, 3.8) is 0 Å². The van der Waals surface area contributed by atoms with Crippen molar-refractivity contribution >= 4 is 23.4 Å². The first kappa shape index (κ1) is 18.1. The van der Waals surface area contributed by atoms with E-state index in [2.05, 4.69) is 20.8 Å². The fraction of sp³-hybridized carbons (Fsp3) is 0.222. The van der Waals surface area contributed by atoms with E-state index in [4.69, 9.17) is 0 Å². The Bertz CT molecular complexity index is 936. The number of hydrogen-bond donors (Lipinski definition) is 1. The highest BCUT2D eigenvalue weighted by molar-refractivity contribution is 7.99. The Morgan fingerprint density at radius 1 is 1.15 bits per heavy atom. The molecule has 0 saturated heterocycles. The molecule has 0 aliphatic rings. The number of aryl methyl sites for hydroxylation is 3. The number of nitrogens with zero attached hydrogens (tertiary/aromatic N) is 4. The standard InChI is InChI=1S/C18H18FN5OS/c1-11-7-8-14(9-15(11)19)20-16(25)10-26-18-21-22-23-24(18)17-12(2)5-4-6-13(17)3/h4-9H,10H2,1-3H3,(H,20,25). The van der Waals surface area contributed by atoms with Gasteiger partial charge in [-0.25, -0.2) is 4.39 Å². The van der Waals surface area contributed by atoms with E-state index in [1.54, 1.807) is 23.7 Å². The lowest BCUT2D eigenvalue weighted by Crippen LogP contribution is -2.15. The third-order valence-electron chi connectivity index (χ3n) is 3.88. The van der Waals surface area contributed by atoms with Crippen molar-refractivity contribution in [1.82, 2.24) is 20.2 Å². The Labute approximate surface area is 154 Å². The topological polar surface area (TPSA) is 72.7 Å². The molecule has 1 N–H and O–H groups in total. The lowest BCUT2D eigenvalue weighted by Gasteiger charge is -2.10. The number of amides is 1. The van der Waals surface area contributed by atoms with E-state index in [9.17, 15) is 9.18 Å². The molecular weight excluding hydrogens is 353 g/mol. The summed E-state index contributed by atoms with van der Waals surface area (Å²) in [6.07, 6.45) is 0. The molecule has 8 heteroatoms. The number of halogens is 1. The molecule has 26 heavy (non-hydrogen) atoms. The third-order valence-corrected chi connectivity index (χ3v) is 4.80. The number of rotatable bonds is 5. The van der Waals surface area contributed by atoms with Gasteiger partial charge in [0.2, 0.25) is 11.1 Å². The number of anilines is 1. The maximum atomic E-state index is 13.6. The van der Waals surface area contributed by atoms with Gasteiger partial charge in [-0.05, 0) is 60.0 Å². The van der Waals surface area contributed by atoms with Crippen LogP contribution in [0.3, 0.4) is 0 Å². The van der Waals surface area contributed by atoms with E-state index >= 15 is 0 Å². The summed E-state index contributed by atoms with van der Waals surface area (Å²) in [5.41, 5.74) is 3.94. The van der Waals surface area contributed by atoms with Crippen LogP contribution in [-0.2, 0) is 4.79 Å². The highest BCUT2D eigenvalue weighted by Gasteiger charge is 2.15. The minimum Gasteiger partial charge on any atom is -0.325 e. The monoisotopic (exact) mass is 371 g/mol. The molecule has 1 aromatic heterocycles. The van der Waals surface area contributed by atoms with Crippen LogP contribution in [0.1, 0.15) is 16.7 Å². The van der Waals surface area contributed by atoms with Crippen molar-refractivity contribution in [1.29, 1.82) is 0 Å². The molecule has 1 heterocycles. The normalized spacial score (nSPS) is 10.8. The van der Waals surface area contributed by atoms with Crippen LogP contribution in [0.15, 0.2) is 41.6 Å². The molecule has 0 atom stereocenters. The van der Waals surface area contributed by atoms with Crippen molar-refractivity contribution in [2.75, 3.05) is 11.1 Å². The maximum absolute atomic E-state index is 13.6. The lowest BCUT2D eigenvalue weighted by molar-refractivity contribution is -0.113. The van der Waals surface area contributed by atoms with Crippen LogP contribution >= 0.6 is 11.8 Å². The number of hydrogen-bond acceptors (Lipinski definition) is 5. The minimum absolute atomic E-state index is 0.112. The number of carbonyl (C=O) groups excluding carboxylic acids is 1. The first-order valence-electron chi connectivity index (χ1n) is 7.99. The van der Waals surface area contributed by atoms with Gasteiger partial charge in [-0.1, -0.05) is 36.0 Å². The predicted molar refractivity (Wildman–Crippen MR) is 99.1 cm³/mol. The summed E-state index contributed by atoms with van der Waals surface area (Å²) in [4.78, 5) is 12.2. The number of thioether (sulfide) groups is 1. The average molecular weight is 371 g/mol. The van der Waals surface area contributed by atoms with Crippen molar-refractivity contribution < 1.29 is 9.18 Å². The van der Waals surface area contributed by atoms with Crippen LogP contribution in [0.25, 0.3) is 5.69 Å². The Morgan fingerprint density at radius 3 is 2.58 bits per heavy atom. The van der Waals surface area contributed by atoms with Gasteiger partial charge in [0.15, 0.2) is 0 Å². The molecule has 3 rings (SSSR count). The summed E-state index contributed by atoms with van der Waals surface area (Å²) >= 11 is 1.22. The molecule has 0 aliphatic carbocycles. The molecule has 1 amide bonds. The van der Waals surface area contributed by atoms with Gasteiger partial charge in [0.05, 0.1) is 11.4 Å². The zero-order chi connectivity index (χ0) is 18.7. The number of nitrogens with one attached hydrogen (secondary N) is 1. The first-order valence-corrected chi connectivity index (χ1v) is 8.98. The number of benzene rings is 2. The summed E-state index contributed by atoms with van der Waals surface area (Å²) in [5, 5.41) is 15.0. The van der Waals surface area contributed by atoms with Crippen LogP contribution < -0.4 is 5.32 Å². The smallest absolute Gasteiger partial charge is 0.234 e. The molecule has 134 valence electrons. The maximum Gasteiger partial charge on any atom is 0.234 e. The minimum atomic E-state index is -0.352. The zero-order valence-electron chi connectivity index (χ0n) is 14.7. The molecule has 0 bridgehead atoms. The van der Waals surface area contributed by atoms with Gasteiger partial charge in [-0.2, -0.15) is 4.68 Å². The summed E-state index contributed by atoms with van der Waals surface area (Å²) in [7, 11) is 0. The van der Waals surface area contributed by atoms with Crippen LogP contribution in [0.5, 0.6) is 0 Å². The lowest BCUT2D eigenvalue weighted by atomic mass is 10.1. The highest BCUT2D eigenvalue weighted by Crippen LogP contribution is 2.23. The van der Waals surface area contributed by atoms with Gasteiger partial charge in [0, 0.05) is 5.69 Å². The number of aromatic nitrogens is 4. The molecule has 0 unspecified atom stereocenters. The molecule has 3 aromatic rings. The quantitative estimate of drug-likeness (QED) is 0.696. The van der Waals surface area contributed by atoms with E-state index < -0.39 is 0 Å². The number of tetrazole rings is 1. The molecule has 2 aromatic carbocycles. The van der Waals surface area contributed by atoms with E-state index in [0.29, 0.717) is 16.4 Å². The first-order chi connectivity index (χ1) is 12.5. The van der Waals surface area contributed by atoms with Crippen LogP contribution in [0.2, 0.25) is 0 Å². The second-order valence-electron chi connectivity index (χ2n) is 5.91. The number of carbonyl (C=O) groups is 1. The zero-order valence-corrected chi connectivity index (χ0v) is 15.5. The molecule has 0 radical (unpaired) electrons. The Hall–Kier alpha value is -2.74. The summed E-state index contributed by atoms with van der Waals surface area (Å²) in [5.74, 6) is -0.496. The van der Waals surface area contributed by atoms with Crippen LogP contribution in [0.4, 0.5) is 10.1 Å². The molecular formula is C18H18FN5OS. The second kappa shape index (κ2) is 7.65. The fourth-order valence-electron chi connectivity index (χ4n) is 2.55. The largest absolute Gasteiger partial charge is 0.325 e. The summed E-state index contributed by atoms with van der Waals surface area (Å²) in [6, 6.07) is 10.5. The van der Waals surface area contributed by atoms with Gasteiger partial charge in [0.1, 0.15) is 5.82 Å². The van der Waals surface area contributed by atoms with Gasteiger partial charge in [0.25, 0.3) is 0 Å². The fourth-order valence-corrected chi connectivity index (χ4v) is 3.22. The molecule has 0 aliphatic heterocycles. The van der Waals surface area contributed by atoms with Crippen LogP contribution in [0, 0.1) is 26.6 Å². The second-order valence-corrected chi connectivity index (χ2v) is 6.86. The van der Waals surface area contributed by atoms with Gasteiger partial charge in [-0.3, -0.25) is 4.79 Å². The predicted octanol–water partition coefficient (Wildman–Crippen LogP) is 3.46. The SMILES string of the molecule is Cc1ccc(NC(=O)CSc2nnnn2-c2c(C)cccc2C)cc1F. The van der Waals surface area contributed by atoms with Gasteiger partial charge < -0.3 is 5.32 Å². The van der Waals surface area contributed by atoms with Gasteiger partial charge in [-0.15, -0.1) is 5.10 Å². The van der Waals surface area contributed by atoms with Crippen LogP contribution in [-0.4, -0.2) is 31.9 Å². The summed E-state index contributed by atoms with van der Waals surface area (Å²) < 4.78 is 15.2. The van der Waals surface area contributed by atoms with Crippen molar-refractivity contribution in [2.45, 2.75) is 25.9 Å². The molecule has 6 nitrogen and oxygen atoms in total. The van der Waals surface area contributed by atoms with E-state index in [0.717, 1.165) is 16.8 Å². The molecule has 0 saturated carbocycles. The van der Waals surface area contributed by atoms with Gasteiger partial charge >= 0.3 is 0 Å². The van der Waals surface area contributed by atoms with Crippen molar-refractivity contribution in [3.8, 4) is 5.69 Å². The average Bonchev–Trinajstić information content (AvgIpc) is 3.04. The highest BCUT2D eigenvalue weighted by atomic mass is 32.2. The molecule has 0 fully saturated rings. The molecule has 0 spiro atoms. The Morgan fingerprint density at radius 2 is 1.88 bits per heavy atom. The Balaban J connectivity index is 1.70. The van der Waals surface area contributed by atoms with E-state index in [-0.39, 0.29) is 17.5 Å². The Kier molecular flexibility index (Phi) is 5.32. The van der Waals surface area contributed by atoms with Crippen molar-refractivity contribution in [3.05, 3.63) is 58.9 Å². The van der Waals surface area contributed by atoms with Crippen molar-refractivity contribution in [2.24, 2.45) is 0 Å². The third kappa shape index (κ3) is 3.91. The van der Waals surface area contributed by atoms with E-state index in [1.165, 1.54) is 17.8 Å². The summed E-state index contributed by atoms with van der Waals surface area (Å²) in [6.45, 7) is 5.64. The van der Waals surface area contributed by atoms with E-state index in [1.807, 2.05) is 32.0 Å².